The highest BCUT2D eigenvalue weighted by Crippen LogP contribution is 2.05. The van der Waals surface area contributed by atoms with Crippen molar-refractivity contribution < 1.29 is 14.3 Å². The van der Waals surface area contributed by atoms with E-state index in [0.717, 1.165) is 12.1 Å². The van der Waals surface area contributed by atoms with Crippen molar-refractivity contribution in [2.24, 2.45) is 17.5 Å². The number of hydrogen-bond donors (Lipinski definition) is 3. The van der Waals surface area contributed by atoms with Crippen LogP contribution in [0.2, 0.25) is 0 Å². The van der Waals surface area contributed by atoms with E-state index in [1.807, 2.05) is 0 Å². The molecule has 0 aliphatic rings. The minimum Gasteiger partial charge on any atom is -0.401 e. The van der Waals surface area contributed by atoms with Crippen molar-refractivity contribution in [1.82, 2.24) is 10.3 Å². The Morgan fingerprint density at radius 1 is 1.25 bits per heavy atom. The zero-order chi connectivity index (χ0) is 15.2. The minimum atomic E-state index is 0.486. The van der Waals surface area contributed by atoms with Gasteiger partial charge in [0.2, 0.25) is 6.41 Å². The van der Waals surface area contributed by atoms with Gasteiger partial charge in [-0.3, -0.25) is 4.79 Å². The zero-order valence-electron chi connectivity index (χ0n) is 12.5. The molecule has 5 N–H and O–H groups in total. The Bertz CT molecular complexity index is 272. The lowest BCUT2D eigenvalue weighted by atomic mass is 10.1. The number of hydrogen-bond acceptors (Lipinski definition) is 6. The third-order valence-corrected chi connectivity index (χ3v) is 2.32. The van der Waals surface area contributed by atoms with Crippen LogP contribution in [0, 0.1) is 5.92 Å². The van der Waals surface area contributed by atoms with E-state index in [4.69, 9.17) is 21.1 Å². The molecule has 20 heavy (non-hydrogen) atoms. The number of carbonyl (C=O) groups is 1. The number of carbonyl (C=O) groups excluding carboxylic acids is 1. The van der Waals surface area contributed by atoms with Gasteiger partial charge >= 0.3 is 0 Å². The second-order valence-corrected chi connectivity index (χ2v) is 4.84. The van der Waals surface area contributed by atoms with E-state index in [9.17, 15) is 4.79 Å². The van der Waals surface area contributed by atoms with Gasteiger partial charge < -0.3 is 25.5 Å². The molecule has 0 rings (SSSR count). The van der Waals surface area contributed by atoms with Crippen LogP contribution in [0.3, 0.4) is 0 Å². The van der Waals surface area contributed by atoms with Gasteiger partial charge in [0.15, 0.2) is 0 Å². The van der Waals surface area contributed by atoms with E-state index < -0.39 is 0 Å². The minimum absolute atomic E-state index is 0.486. The summed E-state index contributed by atoms with van der Waals surface area (Å²) in [4.78, 5) is 9.96. The fourth-order valence-corrected chi connectivity index (χ4v) is 1.48. The van der Waals surface area contributed by atoms with Crippen molar-refractivity contribution in [3.63, 3.8) is 0 Å². The van der Waals surface area contributed by atoms with Crippen LogP contribution in [0.5, 0.6) is 0 Å². The highest BCUT2D eigenvalue weighted by atomic mass is 16.5. The molecular weight excluding hydrogens is 260 g/mol. The number of rotatable bonds is 13. The predicted octanol–water partition coefficient (Wildman–Crippen LogP) is -0.212. The maximum atomic E-state index is 9.96. The van der Waals surface area contributed by atoms with Crippen LogP contribution in [0.4, 0.5) is 0 Å². The lowest BCUT2D eigenvalue weighted by Crippen LogP contribution is -2.30. The Morgan fingerprint density at radius 3 is 2.50 bits per heavy atom. The van der Waals surface area contributed by atoms with Crippen molar-refractivity contribution in [2.45, 2.75) is 20.3 Å². The van der Waals surface area contributed by atoms with Crippen molar-refractivity contribution in [2.75, 3.05) is 39.5 Å². The van der Waals surface area contributed by atoms with Crippen LogP contribution in [-0.4, -0.2) is 50.9 Å². The molecular formula is C13H28N4O3. The molecule has 0 aliphatic carbocycles. The summed E-state index contributed by atoms with van der Waals surface area (Å²) >= 11 is 0. The third kappa shape index (κ3) is 13.1. The van der Waals surface area contributed by atoms with Gasteiger partial charge in [-0.1, -0.05) is 13.8 Å². The van der Waals surface area contributed by atoms with E-state index in [-0.39, 0.29) is 0 Å². The first-order chi connectivity index (χ1) is 9.56. The van der Waals surface area contributed by atoms with Crippen molar-refractivity contribution in [3.8, 4) is 0 Å². The molecule has 0 bridgehead atoms. The van der Waals surface area contributed by atoms with Crippen LogP contribution in [-0.2, 0) is 14.3 Å². The Labute approximate surface area is 121 Å². The van der Waals surface area contributed by atoms with Crippen molar-refractivity contribution in [1.29, 1.82) is 0 Å². The molecule has 0 saturated heterocycles. The number of nitrogens with one attached hydrogen (secondary N) is 1. The average molecular weight is 288 g/mol. The van der Waals surface area contributed by atoms with Crippen LogP contribution in [0.1, 0.15) is 20.3 Å². The van der Waals surface area contributed by atoms with E-state index in [0.29, 0.717) is 51.8 Å². The first kappa shape index (κ1) is 18.7. The maximum absolute atomic E-state index is 9.96. The molecule has 0 spiro atoms. The molecule has 0 heterocycles. The average Bonchev–Trinajstić information content (AvgIpc) is 2.35. The van der Waals surface area contributed by atoms with Crippen LogP contribution in [0.15, 0.2) is 11.9 Å². The van der Waals surface area contributed by atoms with E-state index in [2.05, 4.69) is 19.2 Å². The molecule has 1 amide bonds. The van der Waals surface area contributed by atoms with Gasteiger partial charge in [-0.25, -0.2) is 5.84 Å². The summed E-state index contributed by atoms with van der Waals surface area (Å²) in [6.07, 6.45) is 3.22. The Kier molecular flexibility index (Phi) is 11.9. The van der Waals surface area contributed by atoms with Gasteiger partial charge in [0.25, 0.3) is 0 Å². The second-order valence-electron chi connectivity index (χ2n) is 4.84. The van der Waals surface area contributed by atoms with Gasteiger partial charge in [-0.05, 0) is 12.3 Å². The summed E-state index contributed by atoms with van der Waals surface area (Å²) in [5.41, 5.74) is 6.61. The summed E-state index contributed by atoms with van der Waals surface area (Å²) < 4.78 is 10.6. The monoisotopic (exact) mass is 288 g/mol. The molecule has 0 saturated carbocycles. The highest BCUT2D eigenvalue weighted by molar-refractivity contribution is 5.45. The van der Waals surface area contributed by atoms with Gasteiger partial charge in [0.05, 0.1) is 33.0 Å². The number of hydrazine groups is 1. The summed E-state index contributed by atoms with van der Waals surface area (Å²) in [6, 6.07) is 0. The zero-order valence-corrected chi connectivity index (χ0v) is 12.5. The normalized spacial score (nSPS) is 11.7. The summed E-state index contributed by atoms with van der Waals surface area (Å²) in [5.74, 6) is 6.29. The topological polar surface area (TPSA) is 103 Å². The SMILES string of the molecule is CC(C)C/C(N)=C/N(N)CCOCCOCCNC=O. The van der Waals surface area contributed by atoms with Gasteiger partial charge in [-0.15, -0.1) is 0 Å². The smallest absolute Gasteiger partial charge is 0.207 e. The molecule has 0 unspecified atom stereocenters. The molecule has 118 valence electrons. The van der Waals surface area contributed by atoms with Crippen LogP contribution >= 0.6 is 0 Å². The molecule has 7 nitrogen and oxygen atoms in total. The lowest BCUT2D eigenvalue weighted by molar-refractivity contribution is -0.109. The number of nitrogens with two attached hydrogens (primary N) is 2. The number of allylic oxidation sites excluding steroid dienone is 1. The van der Waals surface area contributed by atoms with Crippen molar-refractivity contribution in [3.05, 3.63) is 11.9 Å². The summed E-state index contributed by atoms with van der Waals surface area (Å²) in [6.45, 7) is 7.30. The number of amides is 1. The first-order valence-corrected chi connectivity index (χ1v) is 6.86. The van der Waals surface area contributed by atoms with E-state index in [1.165, 1.54) is 5.01 Å². The Morgan fingerprint density at radius 2 is 1.90 bits per heavy atom. The Hall–Kier alpha value is -1.31. The molecule has 0 aromatic rings. The molecule has 0 aromatic carbocycles. The largest absolute Gasteiger partial charge is 0.401 e. The Balaban J connectivity index is 3.43. The number of nitrogens with zero attached hydrogens (tertiary/aromatic N) is 1. The first-order valence-electron chi connectivity index (χ1n) is 6.86. The fraction of sp³-hybridized carbons (Fsp3) is 0.769. The van der Waals surface area contributed by atoms with Crippen LogP contribution < -0.4 is 16.9 Å². The maximum Gasteiger partial charge on any atom is 0.207 e. The molecule has 0 radical (unpaired) electrons. The quantitative estimate of drug-likeness (QED) is 0.187. The number of ether oxygens (including phenoxy) is 2. The molecule has 0 atom stereocenters. The third-order valence-electron chi connectivity index (χ3n) is 2.32. The van der Waals surface area contributed by atoms with Gasteiger partial charge in [0, 0.05) is 18.4 Å². The highest BCUT2D eigenvalue weighted by Gasteiger charge is 1.99. The van der Waals surface area contributed by atoms with Gasteiger partial charge in [0.1, 0.15) is 0 Å². The standard InChI is InChI=1S/C13H28N4O3/c1-12(2)9-13(14)10-17(15)4-6-20-8-7-19-5-3-16-11-18/h10-12H,3-9,14-15H2,1-2H3,(H,16,18)/b13-10-. The second kappa shape index (κ2) is 12.7. The summed E-state index contributed by atoms with van der Waals surface area (Å²) in [5, 5.41) is 4.04. The van der Waals surface area contributed by atoms with Crippen molar-refractivity contribution >= 4 is 6.41 Å². The van der Waals surface area contributed by atoms with Crippen LogP contribution in [0.25, 0.3) is 0 Å². The van der Waals surface area contributed by atoms with E-state index >= 15 is 0 Å². The molecule has 0 aromatic heterocycles. The van der Waals surface area contributed by atoms with Gasteiger partial charge in [-0.2, -0.15) is 0 Å². The van der Waals surface area contributed by atoms with E-state index in [1.54, 1.807) is 6.20 Å². The molecule has 0 aliphatic heterocycles. The fourth-order valence-electron chi connectivity index (χ4n) is 1.48. The predicted molar refractivity (Wildman–Crippen MR) is 78.3 cm³/mol. The molecule has 0 fully saturated rings. The lowest BCUT2D eigenvalue weighted by Gasteiger charge is -2.15. The summed E-state index contributed by atoms with van der Waals surface area (Å²) in [7, 11) is 0. The molecule has 7 heteroatoms.